The first-order valence-electron chi connectivity index (χ1n) is 30.0. The molecular formula is C63H116N2O6P+. The number of nitrogens with one attached hydrogen (secondary N) is 1. The van der Waals surface area contributed by atoms with Gasteiger partial charge in [-0.3, -0.25) is 13.8 Å². The van der Waals surface area contributed by atoms with Gasteiger partial charge in [0.15, 0.2) is 0 Å². The third-order valence-electron chi connectivity index (χ3n) is 13.2. The number of likely N-dealkylation sites (N-methyl/N-ethyl adjacent to an activating group) is 1. The summed E-state index contributed by atoms with van der Waals surface area (Å²) in [6.45, 7) is 4.78. The van der Waals surface area contributed by atoms with Gasteiger partial charge in [-0.15, -0.1) is 0 Å². The Morgan fingerprint density at radius 3 is 1.22 bits per heavy atom. The van der Waals surface area contributed by atoms with Crippen molar-refractivity contribution in [3.63, 3.8) is 0 Å². The molecule has 0 aliphatic heterocycles. The smallest absolute Gasteiger partial charge is 0.391 e. The lowest BCUT2D eigenvalue weighted by Gasteiger charge is -2.26. The first-order chi connectivity index (χ1) is 35.0. The summed E-state index contributed by atoms with van der Waals surface area (Å²) in [7, 11) is 1.61. The molecule has 0 aromatic heterocycles. The number of phosphoric ester groups is 1. The van der Waals surface area contributed by atoms with Crippen LogP contribution in [-0.4, -0.2) is 73.4 Å². The molecule has 72 heavy (non-hydrogen) atoms. The fourth-order valence-corrected chi connectivity index (χ4v) is 9.23. The topological polar surface area (TPSA) is 105 Å². The van der Waals surface area contributed by atoms with E-state index in [0.29, 0.717) is 23.9 Å². The molecular weight excluding hydrogens is 912 g/mol. The number of aliphatic hydroxyl groups is 1. The van der Waals surface area contributed by atoms with E-state index >= 15 is 0 Å². The van der Waals surface area contributed by atoms with E-state index in [0.717, 1.165) is 83.5 Å². The van der Waals surface area contributed by atoms with Crippen LogP contribution in [0.4, 0.5) is 0 Å². The standard InChI is InChI=1S/C63H115N2O6P/c1-6-8-10-12-14-16-18-20-21-22-23-24-25-26-27-28-29-30-31-32-33-34-35-36-37-38-39-40-41-42-43-45-47-49-51-53-55-57-63(67)64-61(60-71-72(68,69)70-59-58-65(3,4)5)62(66)56-54-52-50-48-46-44-19-17-15-13-11-9-7-2/h8,10,14,16,20-21,23-24,26-27,29-30,32-33,61-62,66H,6-7,9,11-13,15,17-19,22,25,28,31,34-60H2,1-5H3,(H-,64,67,68,69)/p+1/b10-8-,16-14-,21-20-,24-23-,27-26-,30-29-,33-32-. The van der Waals surface area contributed by atoms with E-state index in [1.54, 1.807) is 0 Å². The maximum Gasteiger partial charge on any atom is 0.472 e. The number of aliphatic hydroxyl groups excluding tert-OH is 1. The first-order valence-corrected chi connectivity index (χ1v) is 31.4. The Kier molecular flexibility index (Phi) is 51.8. The SMILES string of the molecule is CC/C=C\C/C=C\C/C=C\C/C=C\C/C=C\C/C=C\C/C=C\CCCCCCCCCCCCCCCCCC(=O)NC(COP(=O)(O)OCC[N+](C)(C)C)C(O)CCCCCCCCCCCCCCC. The zero-order valence-corrected chi connectivity index (χ0v) is 48.5. The lowest BCUT2D eigenvalue weighted by atomic mass is 10.0. The van der Waals surface area contributed by atoms with Crippen LogP contribution in [0.2, 0.25) is 0 Å². The molecule has 9 heteroatoms. The van der Waals surface area contributed by atoms with Crippen molar-refractivity contribution < 1.29 is 32.9 Å². The van der Waals surface area contributed by atoms with Crippen molar-refractivity contribution in [2.75, 3.05) is 40.9 Å². The lowest BCUT2D eigenvalue weighted by molar-refractivity contribution is -0.870. The predicted octanol–water partition coefficient (Wildman–Crippen LogP) is 18.4. The van der Waals surface area contributed by atoms with Gasteiger partial charge in [0.05, 0.1) is 39.9 Å². The van der Waals surface area contributed by atoms with E-state index in [-0.39, 0.29) is 19.1 Å². The Morgan fingerprint density at radius 2 is 0.833 bits per heavy atom. The van der Waals surface area contributed by atoms with Crippen LogP contribution in [0.15, 0.2) is 85.1 Å². The van der Waals surface area contributed by atoms with E-state index in [1.165, 1.54) is 148 Å². The highest BCUT2D eigenvalue weighted by Gasteiger charge is 2.28. The molecule has 0 fully saturated rings. The van der Waals surface area contributed by atoms with Crippen molar-refractivity contribution in [1.82, 2.24) is 5.32 Å². The van der Waals surface area contributed by atoms with Gasteiger partial charge < -0.3 is 19.8 Å². The molecule has 418 valence electrons. The predicted molar refractivity (Wildman–Crippen MR) is 313 cm³/mol. The van der Waals surface area contributed by atoms with Crippen molar-refractivity contribution in [3.05, 3.63) is 85.1 Å². The second kappa shape index (κ2) is 53.5. The van der Waals surface area contributed by atoms with Gasteiger partial charge in [0.2, 0.25) is 5.91 Å². The summed E-state index contributed by atoms with van der Waals surface area (Å²) < 4.78 is 23.7. The van der Waals surface area contributed by atoms with Crippen molar-refractivity contribution in [3.8, 4) is 0 Å². The number of hydrogen-bond donors (Lipinski definition) is 3. The molecule has 0 saturated carbocycles. The van der Waals surface area contributed by atoms with Crippen LogP contribution in [0.3, 0.4) is 0 Å². The number of amides is 1. The van der Waals surface area contributed by atoms with Crippen molar-refractivity contribution in [2.24, 2.45) is 0 Å². The third-order valence-corrected chi connectivity index (χ3v) is 14.1. The van der Waals surface area contributed by atoms with Gasteiger partial charge in [-0.25, -0.2) is 4.57 Å². The Morgan fingerprint density at radius 1 is 0.486 bits per heavy atom. The molecule has 0 aromatic rings. The number of nitrogens with zero attached hydrogens (tertiary/aromatic N) is 1. The van der Waals surface area contributed by atoms with E-state index < -0.39 is 20.0 Å². The summed E-state index contributed by atoms with van der Waals surface area (Å²) in [6, 6.07) is -0.763. The number of rotatable bonds is 54. The molecule has 0 radical (unpaired) electrons. The Bertz CT molecular complexity index is 1450. The summed E-state index contributed by atoms with van der Waals surface area (Å²) in [4.78, 5) is 23.3. The van der Waals surface area contributed by atoms with Gasteiger partial charge >= 0.3 is 7.82 Å². The normalized spacial score (nSPS) is 14.5. The maximum absolute atomic E-state index is 13.0. The highest BCUT2D eigenvalue weighted by molar-refractivity contribution is 7.47. The Balaban J connectivity index is 4.00. The molecule has 8 nitrogen and oxygen atoms in total. The summed E-state index contributed by atoms with van der Waals surface area (Å²) in [6.07, 6.45) is 75.1. The van der Waals surface area contributed by atoms with Gasteiger partial charge in [0.1, 0.15) is 13.2 Å². The number of carbonyl (C=O) groups is 1. The Labute approximate surface area is 446 Å². The molecule has 3 unspecified atom stereocenters. The van der Waals surface area contributed by atoms with Gasteiger partial charge in [-0.05, 0) is 70.6 Å². The summed E-state index contributed by atoms with van der Waals surface area (Å²) in [5, 5.41) is 14.0. The average Bonchev–Trinajstić information content (AvgIpc) is 3.34. The van der Waals surface area contributed by atoms with E-state index in [4.69, 9.17) is 9.05 Å². The van der Waals surface area contributed by atoms with Gasteiger partial charge in [-0.1, -0.05) is 266 Å². The van der Waals surface area contributed by atoms with Crippen LogP contribution in [-0.2, 0) is 18.4 Å². The van der Waals surface area contributed by atoms with Crippen LogP contribution >= 0.6 is 7.82 Å². The fourth-order valence-electron chi connectivity index (χ4n) is 8.50. The monoisotopic (exact) mass is 1030 g/mol. The minimum absolute atomic E-state index is 0.0729. The molecule has 0 bridgehead atoms. The number of allylic oxidation sites excluding steroid dienone is 14. The number of hydrogen-bond acceptors (Lipinski definition) is 5. The van der Waals surface area contributed by atoms with Crippen LogP contribution in [0.25, 0.3) is 0 Å². The van der Waals surface area contributed by atoms with Gasteiger partial charge in [-0.2, -0.15) is 0 Å². The zero-order chi connectivity index (χ0) is 52.7. The lowest BCUT2D eigenvalue weighted by Crippen LogP contribution is -2.46. The molecule has 0 spiro atoms. The highest BCUT2D eigenvalue weighted by Crippen LogP contribution is 2.43. The molecule has 1 amide bonds. The number of unbranched alkanes of at least 4 members (excludes halogenated alkanes) is 27. The quantitative estimate of drug-likeness (QED) is 0.0243. The molecule has 0 aromatic carbocycles. The largest absolute Gasteiger partial charge is 0.472 e. The molecule has 0 aliphatic rings. The third kappa shape index (κ3) is 55.4. The maximum atomic E-state index is 13.0. The molecule has 3 N–H and O–H groups in total. The number of carbonyl (C=O) groups excluding carboxylic acids is 1. The summed E-state index contributed by atoms with van der Waals surface area (Å²) in [5.74, 6) is -0.146. The van der Waals surface area contributed by atoms with Crippen molar-refractivity contribution in [1.29, 1.82) is 0 Å². The van der Waals surface area contributed by atoms with E-state index in [9.17, 15) is 19.4 Å². The highest BCUT2D eigenvalue weighted by atomic mass is 31.2. The second-order valence-electron chi connectivity index (χ2n) is 21.3. The van der Waals surface area contributed by atoms with E-state index in [1.807, 2.05) is 21.1 Å². The molecule has 0 saturated heterocycles. The molecule has 0 aliphatic carbocycles. The Hall–Kier alpha value is -2.32. The molecule has 0 heterocycles. The van der Waals surface area contributed by atoms with Crippen LogP contribution < -0.4 is 5.32 Å². The average molecular weight is 1030 g/mol. The minimum atomic E-state index is -4.32. The summed E-state index contributed by atoms with van der Waals surface area (Å²) >= 11 is 0. The van der Waals surface area contributed by atoms with E-state index in [2.05, 4.69) is 104 Å². The number of phosphoric acid groups is 1. The fraction of sp³-hybridized carbons (Fsp3) is 0.762. The van der Waals surface area contributed by atoms with Crippen LogP contribution in [0, 0.1) is 0 Å². The molecule has 0 rings (SSSR count). The first kappa shape index (κ1) is 69.7. The zero-order valence-electron chi connectivity index (χ0n) is 47.7. The summed E-state index contributed by atoms with van der Waals surface area (Å²) in [5.41, 5.74) is 0. The van der Waals surface area contributed by atoms with Crippen LogP contribution in [0.5, 0.6) is 0 Å². The van der Waals surface area contributed by atoms with Crippen LogP contribution in [0.1, 0.15) is 258 Å². The number of quaternary nitrogens is 1. The minimum Gasteiger partial charge on any atom is -0.391 e. The van der Waals surface area contributed by atoms with Gasteiger partial charge in [0.25, 0.3) is 0 Å². The van der Waals surface area contributed by atoms with Gasteiger partial charge in [0, 0.05) is 6.42 Å². The second-order valence-corrected chi connectivity index (χ2v) is 22.8. The van der Waals surface area contributed by atoms with Crippen molar-refractivity contribution in [2.45, 2.75) is 270 Å². The van der Waals surface area contributed by atoms with Crippen molar-refractivity contribution >= 4 is 13.7 Å². The molecule has 3 atom stereocenters.